The second-order valence-corrected chi connectivity index (χ2v) is 7.96. The van der Waals surface area contributed by atoms with E-state index in [-0.39, 0.29) is 26.4 Å². The van der Waals surface area contributed by atoms with Gasteiger partial charge >= 0.3 is 5.69 Å². The van der Waals surface area contributed by atoms with Crippen molar-refractivity contribution < 1.29 is 13.3 Å². The maximum atomic E-state index is 12.0. The number of rotatable bonds is 4. The summed E-state index contributed by atoms with van der Waals surface area (Å²) in [5.41, 5.74) is 5.00. The summed E-state index contributed by atoms with van der Waals surface area (Å²) in [6, 6.07) is 0.877. The van der Waals surface area contributed by atoms with Crippen molar-refractivity contribution in [3.63, 3.8) is 0 Å². The van der Waals surface area contributed by atoms with Crippen LogP contribution in [0, 0.1) is 15.5 Å². The largest absolute Gasteiger partial charge is 0.385 e. The maximum Gasteiger partial charge on any atom is 0.304 e. The van der Waals surface area contributed by atoms with Gasteiger partial charge in [-0.3, -0.25) is 10.1 Å². The highest BCUT2D eigenvalue weighted by Crippen LogP contribution is 2.46. The summed E-state index contributed by atoms with van der Waals surface area (Å²) < 4.78 is 26.4. The van der Waals surface area contributed by atoms with Crippen molar-refractivity contribution in [2.45, 2.75) is 30.5 Å². The van der Waals surface area contributed by atoms with Crippen LogP contribution in [0.2, 0.25) is 0 Å². The molecule has 1 aromatic rings. The number of nitrogens with one attached hydrogen (secondary N) is 1. The van der Waals surface area contributed by atoms with Gasteiger partial charge in [-0.25, -0.2) is 13.1 Å². The molecule has 18 heavy (non-hydrogen) atoms. The highest BCUT2D eigenvalue weighted by molar-refractivity contribution is 7.91. The third-order valence-electron chi connectivity index (χ3n) is 2.99. The van der Waals surface area contributed by atoms with E-state index in [0.29, 0.717) is 11.3 Å². The Morgan fingerprint density at radius 2 is 2.17 bits per heavy atom. The van der Waals surface area contributed by atoms with Gasteiger partial charge in [-0.1, -0.05) is 25.2 Å². The number of nitrogens with two attached hydrogens (primary N) is 1. The molecule has 2 rings (SSSR count). The lowest BCUT2D eigenvalue weighted by molar-refractivity contribution is -0.383. The summed E-state index contributed by atoms with van der Waals surface area (Å²) in [6.45, 7) is 3.90. The van der Waals surface area contributed by atoms with Gasteiger partial charge in [0.05, 0.1) is 4.92 Å². The second kappa shape index (κ2) is 3.90. The minimum Gasteiger partial charge on any atom is -0.385 e. The minimum atomic E-state index is -3.72. The van der Waals surface area contributed by atoms with Crippen molar-refractivity contribution in [3.8, 4) is 0 Å². The zero-order valence-corrected chi connectivity index (χ0v) is 11.5. The van der Waals surface area contributed by atoms with Gasteiger partial charge in [-0.05, 0) is 11.8 Å². The highest BCUT2D eigenvalue weighted by Gasteiger charge is 2.48. The molecule has 0 amide bonds. The number of nitro groups is 1. The van der Waals surface area contributed by atoms with Gasteiger partial charge in [0.1, 0.15) is 4.21 Å². The zero-order chi connectivity index (χ0) is 13.7. The minimum absolute atomic E-state index is 0.0538. The molecule has 1 heterocycles. The van der Waals surface area contributed by atoms with Crippen molar-refractivity contribution in [2.75, 3.05) is 5.73 Å². The molecule has 1 saturated carbocycles. The van der Waals surface area contributed by atoms with Crippen molar-refractivity contribution in [1.82, 2.24) is 4.72 Å². The standard InChI is InChI=1S/C9H13N3O4S2/c1-9(2)4-6(9)11-18(15,16)7-3-5(12(13)14)8(10)17-7/h3,6,11H,4,10H2,1-2H3. The summed E-state index contributed by atoms with van der Waals surface area (Å²) >= 11 is 0.705. The fourth-order valence-corrected chi connectivity index (χ4v) is 4.20. The molecule has 1 unspecified atom stereocenters. The first-order chi connectivity index (χ1) is 8.13. The van der Waals surface area contributed by atoms with Crippen molar-refractivity contribution in [3.05, 3.63) is 16.2 Å². The van der Waals surface area contributed by atoms with Crippen molar-refractivity contribution in [2.24, 2.45) is 5.41 Å². The van der Waals surface area contributed by atoms with Gasteiger partial charge in [0.2, 0.25) is 0 Å². The van der Waals surface area contributed by atoms with Crippen LogP contribution in [0.4, 0.5) is 10.7 Å². The summed E-state index contributed by atoms with van der Waals surface area (Å²) in [5, 5.41) is 10.5. The van der Waals surface area contributed by atoms with Gasteiger partial charge in [0.25, 0.3) is 10.0 Å². The van der Waals surface area contributed by atoms with E-state index >= 15 is 0 Å². The molecule has 1 aliphatic carbocycles. The molecule has 0 aliphatic heterocycles. The van der Waals surface area contributed by atoms with Crippen molar-refractivity contribution in [1.29, 1.82) is 0 Å². The number of hydrogen-bond acceptors (Lipinski definition) is 6. The van der Waals surface area contributed by atoms with E-state index in [4.69, 9.17) is 5.73 Å². The molecular weight excluding hydrogens is 278 g/mol. The van der Waals surface area contributed by atoms with Gasteiger partial charge < -0.3 is 5.73 Å². The Labute approximate surface area is 108 Å². The quantitative estimate of drug-likeness (QED) is 0.641. The van der Waals surface area contributed by atoms with Crippen LogP contribution < -0.4 is 10.5 Å². The van der Waals surface area contributed by atoms with E-state index in [2.05, 4.69) is 4.72 Å². The van der Waals surface area contributed by atoms with Crippen molar-refractivity contribution >= 4 is 32.0 Å². The number of hydrogen-bond donors (Lipinski definition) is 2. The first-order valence-corrected chi connectivity index (χ1v) is 7.49. The molecule has 1 aliphatic rings. The van der Waals surface area contributed by atoms with Crippen LogP contribution in [0.15, 0.2) is 10.3 Å². The fourth-order valence-electron chi connectivity index (χ4n) is 1.56. The number of sulfonamides is 1. The Morgan fingerprint density at radius 3 is 2.56 bits per heavy atom. The first kappa shape index (κ1) is 13.2. The van der Waals surface area contributed by atoms with Gasteiger partial charge in [0.15, 0.2) is 5.00 Å². The average Bonchev–Trinajstić information content (AvgIpc) is 2.63. The average molecular weight is 291 g/mol. The molecule has 9 heteroatoms. The Hall–Kier alpha value is -1.19. The van der Waals surface area contributed by atoms with E-state index in [0.717, 1.165) is 12.5 Å². The van der Waals surface area contributed by atoms with E-state index in [1.54, 1.807) is 0 Å². The topological polar surface area (TPSA) is 115 Å². The summed E-state index contributed by atoms with van der Waals surface area (Å²) in [5.74, 6) is 0. The number of nitrogen functional groups attached to an aromatic ring is 1. The molecule has 0 spiro atoms. The predicted octanol–water partition coefficient (Wildman–Crippen LogP) is 1.32. The maximum absolute atomic E-state index is 12.0. The molecule has 0 saturated heterocycles. The number of anilines is 1. The lowest BCUT2D eigenvalue weighted by atomic mass is 10.2. The molecule has 1 aromatic heterocycles. The van der Waals surface area contributed by atoms with Crippen LogP contribution in [0.5, 0.6) is 0 Å². The SMILES string of the molecule is CC1(C)CC1NS(=O)(=O)c1cc([N+](=O)[O-])c(N)s1. The smallest absolute Gasteiger partial charge is 0.304 e. The monoisotopic (exact) mass is 291 g/mol. The molecule has 7 nitrogen and oxygen atoms in total. The molecular formula is C9H13N3O4S2. The van der Waals surface area contributed by atoms with E-state index < -0.39 is 14.9 Å². The van der Waals surface area contributed by atoms with E-state index in [1.165, 1.54) is 0 Å². The Morgan fingerprint density at radius 1 is 1.61 bits per heavy atom. The fraction of sp³-hybridized carbons (Fsp3) is 0.556. The highest BCUT2D eigenvalue weighted by atomic mass is 32.2. The van der Waals surface area contributed by atoms with Gasteiger partial charge in [-0.15, -0.1) is 0 Å². The van der Waals surface area contributed by atoms with Crippen LogP contribution in [0.3, 0.4) is 0 Å². The number of nitrogens with zero attached hydrogens (tertiary/aromatic N) is 1. The van der Waals surface area contributed by atoms with Crippen LogP contribution >= 0.6 is 11.3 Å². The Balaban J connectivity index is 2.25. The van der Waals surface area contributed by atoms with Crippen LogP contribution in [-0.4, -0.2) is 19.4 Å². The van der Waals surface area contributed by atoms with Crippen LogP contribution in [0.1, 0.15) is 20.3 Å². The third-order valence-corrected chi connectivity index (χ3v) is 5.89. The van der Waals surface area contributed by atoms with E-state index in [9.17, 15) is 18.5 Å². The summed E-state index contributed by atoms with van der Waals surface area (Å²) in [4.78, 5) is 9.93. The lowest BCUT2D eigenvalue weighted by Crippen LogP contribution is -2.27. The first-order valence-electron chi connectivity index (χ1n) is 5.19. The Bertz CT molecular complexity index is 605. The predicted molar refractivity (Wildman–Crippen MR) is 67.9 cm³/mol. The Kier molecular flexibility index (Phi) is 2.87. The summed E-state index contributed by atoms with van der Waals surface area (Å²) in [7, 11) is -3.72. The molecule has 0 aromatic carbocycles. The third kappa shape index (κ3) is 2.33. The number of thiophene rings is 1. The lowest BCUT2D eigenvalue weighted by Gasteiger charge is -2.05. The van der Waals surface area contributed by atoms with Crippen LogP contribution in [0.25, 0.3) is 0 Å². The van der Waals surface area contributed by atoms with E-state index in [1.807, 2.05) is 13.8 Å². The molecule has 3 N–H and O–H groups in total. The van der Waals surface area contributed by atoms with Gasteiger partial charge in [-0.2, -0.15) is 0 Å². The molecule has 1 fully saturated rings. The second-order valence-electron chi connectivity index (χ2n) is 4.94. The molecule has 100 valence electrons. The summed E-state index contributed by atoms with van der Waals surface area (Å²) in [6.07, 6.45) is 0.759. The molecule has 0 bridgehead atoms. The normalized spacial score (nSPS) is 21.8. The molecule has 0 radical (unpaired) electrons. The molecule has 1 atom stereocenters. The zero-order valence-electron chi connectivity index (χ0n) is 9.84. The van der Waals surface area contributed by atoms with Gasteiger partial charge in [0, 0.05) is 12.1 Å². The van der Waals surface area contributed by atoms with Crippen LogP contribution in [-0.2, 0) is 10.0 Å².